The molecule has 1 heterocycles. The van der Waals surface area contributed by atoms with Crippen LogP contribution >= 0.6 is 0 Å². The Morgan fingerprint density at radius 1 is 1.30 bits per heavy atom. The third-order valence-electron chi connectivity index (χ3n) is 3.35. The Kier molecular flexibility index (Phi) is 5.16. The van der Waals surface area contributed by atoms with Crippen molar-refractivity contribution in [2.45, 2.75) is 33.6 Å². The van der Waals surface area contributed by atoms with E-state index in [0.29, 0.717) is 5.69 Å². The van der Waals surface area contributed by atoms with E-state index in [2.05, 4.69) is 24.3 Å². The normalized spacial score (nSPS) is 10.7. The first-order valence-corrected chi connectivity index (χ1v) is 7.38. The van der Waals surface area contributed by atoms with Gasteiger partial charge in [0.05, 0.1) is 5.69 Å². The van der Waals surface area contributed by atoms with Crippen LogP contribution in [-0.4, -0.2) is 23.6 Å². The molecule has 6 heteroatoms. The SMILES string of the molecule is Cc1cc(C(=O)OCC(=O)Nc2c(C)cccc2C(C)C)on1. The van der Waals surface area contributed by atoms with Crippen LogP contribution in [0.5, 0.6) is 0 Å². The smallest absolute Gasteiger partial charge is 0.377 e. The highest BCUT2D eigenvalue weighted by molar-refractivity contribution is 5.95. The summed E-state index contributed by atoms with van der Waals surface area (Å²) in [6.45, 7) is 7.33. The lowest BCUT2D eigenvalue weighted by Crippen LogP contribution is -2.22. The van der Waals surface area contributed by atoms with Gasteiger partial charge in [0.15, 0.2) is 6.61 Å². The van der Waals surface area contributed by atoms with Crippen molar-refractivity contribution >= 4 is 17.6 Å². The van der Waals surface area contributed by atoms with E-state index in [1.54, 1.807) is 6.92 Å². The van der Waals surface area contributed by atoms with Crippen LogP contribution in [0.25, 0.3) is 0 Å². The van der Waals surface area contributed by atoms with Crippen LogP contribution in [-0.2, 0) is 9.53 Å². The summed E-state index contributed by atoms with van der Waals surface area (Å²) in [5, 5.41) is 6.41. The third-order valence-corrected chi connectivity index (χ3v) is 3.35. The molecule has 23 heavy (non-hydrogen) atoms. The second-order valence-electron chi connectivity index (χ2n) is 5.65. The summed E-state index contributed by atoms with van der Waals surface area (Å²) in [6, 6.07) is 7.30. The Morgan fingerprint density at radius 2 is 2.04 bits per heavy atom. The molecule has 0 bridgehead atoms. The topological polar surface area (TPSA) is 81.4 Å². The average Bonchev–Trinajstić information content (AvgIpc) is 2.93. The average molecular weight is 316 g/mol. The number of aromatic nitrogens is 1. The van der Waals surface area contributed by atoms with E-state index in [1.165, 1.54) is 6.07 Å². The maximum absolute atomic E-state index is 12.0. The van der Waals surface area contributed by atoms with Crippen LogP contribution in [0.4, 0.5) is 5.69 Å². The number of anilines is 1. The van der Waals surface area contributed by atoms with Gasteiger partial charge in [0.25, 0.3) is 5.91 Å². The summed E-state index contributed by atoms with van der Waals surface area (Å²) in [5.41, 5.74) is 3.33. The van der Waals surface area contributed by atoms with Crippen LogP contribution in [0, 0.1) is 13.8 Å². The van der Waals surface area contributed by atoms with E-state index in [-0.39, 0.29) is 18.3 Å². The largest absolute Gasteiger partial charge is 0.450 e. The zero-order valence-corrected chi connectivity index (χ0v) is 13.7. The Balaban J connectivity index is 1.99. The number of aryl methyl sites for hydroxylation is 2. The number of benzene rings is 1. The first-order chi connectivity index (χ1) is 10.9. The highest BCUT2D eigenvalue weighted by Gasteiger charge is 2.16. The van der Waals surface area contributed by atoms with E-state index in [9.17, 15) is 9.59 Å². The van der Waals surface area contributed by atoms with Gasteiger partial charge in [0.1, 0.15) is 0 Å². The van der Waals surface area contributed by atoms with E-state index in [4.69, 9.17) is 9.26 Å². The number of nitrogens with one attached hydrogen (secondary N) is 1. The maximum Gasteiger partial charge on any atom is 0.377 e. The van der Waals surface area contributed by atoms with Gasteiger partial charge in [-0.05, 0) is 30.9 Å². The fourth-order valence-corrected chi connectivity index (χ4v) is 2.18. The number of nitrogens with zero attached hydrogens (tertiary/aromatic N) is 1. The van der Waals surface area contributed by atoms with Crippen molar-refractivity contribution in [1.29, 1.82) is 0 Å². The van der Waals surface area contributed by atoms with E-state index in [1.807, 2.05) is 25.1 Å². The zero-order valence-electron chi connectivity index (χ0n) is 13.7. The fourth-order valence-electron chi connectivity index (χ4n) is 2.18. The summed E-state index contributed by atoms with van der Waals surface area (Å²) in [4.78, 5) is 23.8. The van der Waals surface area contributed by atoms with Crippen LogP contribution in [0.2, 0.25) is 0 Å². The number of amides is 1. The van der Waals surface area contributed by atoms with Crippen LogP contribution in [0.3, 0.4) is 0 Å². The zero-order chi connectivity index (χ0) is 17.0. The Bertz CT molecular complexity index is 719. The summed E-state index contributed by atoms with van der Waals surface area (Å²) in [5.74, 6) is -0.862. The molecule has 0 radical (unpaired) electrons. The molecule has 1 aromatic heterocycles. The number of hydrogen-bond acceptors (Lipinski definition) is 5. The summed E-state index contributed by atoms with van der Waals surface area (Å²) < 4.78 is 9.72. The van der Waals surface area contributed by atoms with Gasteiger partial charge in [-0.1, -0.05) is 37.2 Å². The van der Waals surface area contributed by atoms with Crippen molar-refractivity contribution in [3.05, 3.63) is 46.8 Å². The standard InChI is InChI=1S/C17H20N2O4/c1-10(2)13-7-5-6-11(3)16(13)18-15(20)9-22-17(21)14-8-12(4)19-23-14/h5-8,10H,9H2,1-4H3,(H,18,20). The number of para-hydroxylation sites is 1. The number of hydrogen-bond donors (Lipinski definition) is 1. The van der Waals surface area contributed by atoms with Gasteiger partial charge in [0.2, 0.25) is 5.76 Å². The quantitative estimate of drug-likeness (QED) is 0.857. The Hall–Kier alpha value is -2.63. The number of esters is 1. The molecule has 0 spiro atoms. The van der Waals surface area contributed by atoms with Gasteiger partial charge in [-0.25, -0.2) is 4.79 Å². The molecule has 0 atom stereocenters. The molecular weight excluding hydrogens is 296 g/mol. The number of carbonyl (C=O) groups excluding carboxylic acids is 2. The van der Waals surface area contributed by atoms with Gasteiger partial charge in [-0.2, -0.15) is 0 Å². The van der Waals surface area contributed by atoms with Crippen LogP contribution in [0.15, 0.2) is 28.8 Å². The number of rotatable bonds is 5. The minimum atomic E-state index is -0.713. The lowest BCUT2D eigenvalue weighted by Gasteiger charge is -2.16. The minimum absolute atomic E-state index is 0.0194. The third kappa shape index (κ3) is 4.18. The van der Waals surface area contributed by atoms with Crippen molar-refractivity contribution in [2.75, 3.05) is 11.9 Å². The molecule has 6 nitrogen and oxygen atoms in total. The maximum atomic E-state index is 12.0. The van der Waals surface area contributed by atoms with E-state index < -0.39 is 11.9 Å². The van der Waals surface area contributed by atoms with E-state index in [0.717, 1.165) is 16.8 Å². The molecule has 1 aromatic carbocycles. The molecule has 1 amide bonds. The van der Waals surface area contributed by atoms with Crippen molar-refractivity contribution in [3.63, 3.8) is 0 Å². The molecule has 2 rings (SSSR count). The molecule has 0 fully saturated rings. The first kappa shape index (κ1) is 16.7. The predicted molar refractivity (Wildman–Crippen MR) is 85.4 cm³/mol. The lowest BCUT2D eigenvalue weighted by molar-refractivity contribution is -0.119. The van der Waals surface area contributed by atoms with Crippen molar-refractivity contribution in [2.24, 2.45) is 0 Å². The van der Waals surface area contributed by atoms with Gasteiger partial charge < -0.3 is 14.6 Å². The molecule has 2 aromatic rings. The van der Waals surface area contributed by atoms with Gasteiger partial charge in [0, 0.05) is 11.8 Å². The highest BCUT2D eigenvalue weighted by Crippen LogP contribution is 2.27. The van der Waals surface area contributed by atoms with Crippen molar-refractivity contribution < 1.29 is 18.8 Å². The van der Waals surface area contributed by atoms with Crippen molar-refractivity contribution in [3.8, 4) is 0 Å². The second-order valence-corrected chi connectivity index (χ2v) is 5.65. The summed E-state index contributed by atoms with van der Waals surface area (Å²) >= 11 is 0. The second kappa shape index (κ2) is 7.09. The molecule has 0 saturated carbocycles. The van der Waals surface area contributed by atoms with Gasteiger partial charge >= 0.3 is 5.97 Å². The molecule has 1 N–H and O–H groups in total. The van der Waals surface area contributed by atoms with Gasteiger partial charge in [-0.15, -0.1) is 0 Å². The van der Waals surface area contributed by atoms with Crippen LogP contribution < -0.4 is 5.32 Å². The summed E-state index contributed by atoms with van der Waals surface area (Å²) in [7, 11) is 0. The minimum Gasteiger partial charge on any atom is -0.450 e. The Morgan fingerprint density at radius 3 is 2.65 bits per heavy atom. The first-order valence-electron chi connectivity index (χ1n) is 7.38. The molecule has 0 aliphatic heterocycles. The fraction of sp³-hybridized carbons (Fsp3) is 0.353. The van der Waals surface area contributed by atoms with E-state index >= 15 is 0 Å². The predicted octanol–water partition coefficient (Wildman–Crippen LogP) is 3.21. The van der Waals surface area contributed by atoms with Crippen molar-refractivity contribution in [1.82, 2.24) is 5.16 Å². The van der Waals surface area contributed by atoms with Crippen LogP contribution in [0.1, 0.15) is 47.1 Å². The van der Waals surface area contributed by atoms with Gasteiger partial charge in [-0.3, -0.25) is 4.79 Å². The lowest BCUT2D eigenvalue weighted by atomic mass is 9.98. The molecule has 0 aliphatic rings. The molecule has 0 unspecified atom stereocenters. The summed E-state index contributed by atoms with van der Waals surface area (Å²) in [6.07, 6.45) is 0. The molecular formula is C17H20N2O4. The Labute approximate surface area is 134 Å². The molecule has 0 aliphatic carbocycles. The highest BCUT2D eigenvalue weighted by atomic mass is 16.6. The number of ether oxygens (including phenoxy) is 1. The monoisotopic (exact) mass is 316 g/mol. The molecule has 0 saturated heterocycles. The molecule has 122 valence electrons. The number of carbonyl (C=O) groups is 2.